The molecule has 1 aliphatic heterocycles. The van der Waals surface area contributed by atoms with Crippen LogP contribution in [0.2, 0.25) is 0 Å². The first-order valence-electron chi connectivity index (χ1n) is 3.00. The molecule has 50 valence electrons. The first-order valence-corrected chi connectivity index (χ1v) is 3.00. The predicted molar refractivity (Wildman–Crippen MR) is 34.9 cm³/mol. The lowest BCUT2D eigenvalue weighted by Gasteiger charge is -2.03. The number of rotatable bonds is 1. The Bertz CT molecular complexity index is 153. The number of hydrogen-bond donors (Lipinski definition) is 2. The van der Waals surface area contributed by atoms with Crippen LogP contribution in [0.25, 0.3) is 0 Å². The van der Waals surface area contributed by atoms with Crippen molar-refractivity contribution in [3.63, 3.8) is 0 Å². The minimum Gasteiger partial charge on any atom is -0.330 e. The smallest absolute Gasteiger partial charge is 0.319 e. The standard InChI is InChI=1S/C6H10N2O/c1-3-5-4(2)7-6(9)8-5/h5H,2-3H2,1H3,(H2,7,8,9)/t5-/m0/s1. The van der Waals surface area contributed by atoms with Crippen molar-refractivity contribution in [3.8, 4) is 0 Å². The summed E-state index contributed by atoms with van der Waals surface area (Å²) in [5, 5.41) is 5.28. The summed E-state index contributed by atoms with van der Waals surface area (Å²) in [7, 11) is 0. The topological polar surface area (TPSA) is 41.1 Å². The molecule has 2 amide bonds. The Labute approximate surface area is 54.1 Å². The number of urea groups is 1. The minimum atomic E-state index is -0.133. The van der Waals surface area contributed by atoms with E-state index in [4.69, 9.17) is 0 Å². The minimum absolute atomic E-state index is 0.133. The maximum Gasteiger partial charge on any atom is 0.319 e. The van der Waals surface area contributed by atoms with E-state index < -0.39 is 0 Å². The summed E-state index contributed by atoms with van der Waals surface area (Å²) in [6.07, 6.45) is 0.900. The van der Waals surface area contributed by atoms with E-state index in [1.54, 1.807) is 0 Å². The van der Waals surface area contributed by atoms with Crippen molar-refractivity contribution in [1.29, 1.82) is 0 Å². The maximum absolute atomic E-state index is 10.5. The van der Waals surface area contributed by atoms with E-state index in [1.807, 2.05) is 6.92 Å². The lowest BCUT2D eigenvalue weighted by molar-refractivity contribution is 0.247. The number of amides is 2. The molecule has 1 aliphatic rings. The van der Waals surface area contributed by atoms with Gasteiger partial charge in [-0.3, -0.25) is 0 Å². The van der Waals surface area contributed by atoms with Gasteiger partial charge in [0, 0.05) is 5.70 Å². The Morgan fingerprint density at radius 1 is 1.78 bits per heavy atom. The van der Waals surface area contributed by atoms with Crippen molar-refractivity contribution in [1.82, 2.24) is 10.6 Å². The van der Waals surface area contributed by atoms with E-state index in [-0.39, 0.29) is 12.1 Å². The molecule has 0 radical (unpaired) electrons. The third-order valence-electron chi connectivity index (χ3n) is 1.41. The van der Waals surface area contributed by atoms with Gasteiger partial charge in [-0.25, -0.2) is 4.79 Å². The maximum atomic E-state index is 10.5. The molecule has 0 bridgehead atoms. The fourth-order valence-corrected chi connectivity index (χ4v) is 0.863. The zero-order valence-corrected chi connectivity index (χ0v) is 5.40. The van der Waals surface area contributed by atoms with E-state index in [0.29, 0.717) is 0 Å². The van der Waals surface area contributed by atoms with Crippen LogP contribution in [-0.4, -0.2) is 12.1 Å². The Morgan fingerprint density at radius 2 is 2.44 bits per heavy atom. The van der Waals surface area contributed by atoms with Crippen LogP contribution >= 0.6 is 0 Å². The molecule has 1 saturated heterocycles. The summed E-state index contributed by atoms with van der Waals surface area (Å²) in [6, 6.07) is 0.00403. The third-order valence-corrected chi connectivity index (χ3v) is 1.41. The van der Waals surface area contributed by atoms with Crippen LogP contribution in [0, 0.1) is 0 Å². The molecule has 2 N–H and O–H groups in total. The highest BCUT2D eigenvalue weighted by Gasteiger charge is 2.21. The molecule has 1 atom stereocenters. The van der Waals surface area contributed by atoms with Crippen LogP contribution in [0.4, 0.5) is 4.79 Å². The van der Waals surface area contributed by atoms with Gasteiger partial charge in [0.05, 0.1) is 6.04 Å². The molecule has 1 rings (SSSR count). The predicted octanol–water partition coefficient (Wildman–Crippen LogP) is 0.592. The van der Waals surface area contributed by atoms with E-state index in [0.717, 1.165) is 12.1 Å². The highest BCUT2D eigenvalue weighted by atomic mass is 16.2. The van der Waals surface area contributed by atoms with Crippen molar-refractivity contribution in [2.24, 2.45) is 0 Å². The molecule has 0 aliphatic carbocycles. The summed E-state index contributed by atoms with van der Waals surface area (Å²) in [5.74, 6) is 0. The van der Waals surface area contributed by atoms with Crippen molar-refractivity contribution in [2.75, 3.05) is 0 Å². The second-order valence-electron chi connectivity index (χ2n) is 2.08. The van der Waals surface area contributed by atoms with Crippen LogP contribution in [0.15, 0.2) is 12.3 Å². The monoisotopic (exact) mass is 126 g/mol. The second-order valence-corrected chi connectivity index (χ2v) is 2.08. The third kappa shape index (κ3) is 1.04. The van der Waals surface area contributed by atoms with Crippen LogP contribution < -0.4 is 10.6 Å². The van der Waals surface area contributed by atoms with Gasteiger partial charge in [-0.1, -0.05) is 13.5 Å². The Morgan fingerprint density at radius 3 is 2.67 bits per heavy atom. The fourth-order valence-electron chi connectivity index (χ4n) is 0.863. The van der Waals surface area contributed by atoms with Gasteiger partial charge in [-0.2, -0.15) is 0 Å². The van der Waals surface area contributed by atoms with E-state index in [1.165, 1.54) is 0 Å². The molecular weight excluding hydrogens is 116 g/mol. The quantitative estimate of drug-likeness (QED) is 0.530. The first-order chi connectivity index (χ1) is 4.24. The van der Waals surface area contributed by atoms with Crippen molar-refractivity contribution in [2.45, 2.75) is 19.4 Å². The number of nitrogens with one attached hydrogen (secondary N) is 2. The Kier molecular flexibility index (Phi) is 1.42. The van der Waals surface area contributed by atoms with Crippen molar-refractivity contribution >= 4 is 6.03 Å². The molecule has 0 aromatic carbocycles. The normalized spacial score (nSPS) is 25.7. The van der Waals surface area contributed by atoms with E-state index in [9.17, 15) is 4.79 Å². The highest BCUT2D eigenvalue weighted by Crippen LogP contribution is 2.05. The van der Waals surface area contributed by atoms with Crippen LogP contribution in [0.5, 0.6) is 0 Å². The van der Waals surface area contributed by atoms with Gasteiger partial charge in [0.2, 0.25) is 0 Å². The molecule has 0 aromatic rings. The largest absolute Gasteiger partial charge is 0.330 e. The van der Waals surface area contributed by atoms with Gasteiger partial charge in [-0.15, -0.1) is 0 Å². The molecule has 0 aromatic heterocycles. The van der Waals surface area contributed by atoms with Crippen molar-refractivity contribution < 1.29 is 4.79 Å². The lowest BCUT2D eigenvalue weighted by Crippen LogP contribution is -2.25. The zero-order chi connectivity index (χ0) is 6.85. The van der Waals surface area contributed by atoms with Gasteiger partial charge in [-0.05, 0) is 6.42 Å². The summed E-state index contributed by atoms with van der Waals surface area (Å²) in [6.45, 7) is 5.67. The summed E-state index contributed by atoms with van der Waals surface area (Å²) in [5.41, 5.74) is 0.780. The van der Waals surface area contributed by atoms with Gasteiger partial charge >= 0.3 is 6.03 Å². The molecule has 0 unspecified atom stereocenters. The molecule has 1 fully saturated rings. The molecule has 0 spiro atoms. The molecule has 3 heteroatoms. The van der Waals surface area contributed by atoms with E-state index >= 15 is 0 Å². The molecular formula is C6H10N2O. The SMILES string of the molecule is C=C1NC(=O)N[C@H]1CC. The number of carbonyl (C=O) groups is 1. The molecule has 1 heterocycles. The van der Waals surface area contributed by atoms with Crippen LogP contribution in [0.3, 0.4) is 0 Å². The molecule has 3 nitrogen and oxygen atoms in total. The zero-order valence-electron chi connectivity index (χ0n) is 5.40. The first kappa shape index (κ1) is 6.13. The Balaban J connectivity index is 2.58. The lowest BCUT2D eigenvalue weighted by atomic mass is 10.2. The van der Waals surface area contributed by atoms with E-state index in [2.05, 4.69) is 17.2 Å². The number of hydrogen-bond acceptors (Lipinski definition) is 1. The van der Waals surface area contributed by atoms with Crippen LogP contribution in [0.1, 0.15) is 13.3 Å². The average molecular weight is 126 g/mol. The second kappa shape index (κ2) is 2.09. The van der Waals surface area contributed by atoms with Gasteiger partial charge in [0.25, 0.3) is 0 Å². The number of carbonyl (C=O) groups excluding carboxylic acids is 1. The molecule has 0 saturated carbocycles. The van der Waals surface area contributed by atoms with Gasteiger partial charge in [0.1, 0.15) is 0 Å². The van der Waals surface area contributed by atoms with Crippen molar-refractivity contribution in [3.05, 3.63) is 12.3 Å². The highest BCUT2D eigenvalue weighted by molar-refractivity contribution is 5.80. The molecule has 9 heavy (non-hydrogen) atoms. The Hall–Kier alpha value is -0.990. The van der Waals surface area contributed by atoms with Gasteiger partial charge in [0.15, 0.2) is 0 Å². The summed E-state index contributed by atoms with van der Waals surface area (Å²) >= 11 is 0. The van der Waals surface area contributed by atoms with Crippen LogP contribution in [-0.2, 0) is 0 Å². The van der Waals surface area contributed by atoms with Gasteiger partial charge < -0.3 is 10.6 Å². The fraction of sp³-hybridized carbons (Fsp3) is 0.500. The summed E-state index contributed by atoms with van der Waals surface area (Å²) in [4.78, 5) is 10.5. The average Bonchev–Trinajstić information content (AvgIpc) is 2.10. The summed E-state index contributed by atoms with van der Waals surface area (Å²) < 4.78 is 0.